The lowest BCUT2D eigenvalue weighted by atomic mass is 10.2. The Hall–Kier alpha value is -2.65. The third-order valence-electron chi connectivity index (χ3n) is 4.14. The summed E-state index contributed by atoms with van der Waals surface area (Å²) in [7, 11) is 0. The van der Waals surface area contributed by atoms with E-state index in [1.807, 2.05) is 30.3 Å². The fourth-order valence-corrected chi connectivity index (χ4v) is 3.50. The number of benzene rings is 1. The zero-order valence-corrected chi connectivity index (χ0v) is 16.2. The fraction of sp³-hybridized carbons (Fsp3) is 0.368. The van der Waals surface area contributed by atoms with Crippen LogP contribution in [0.4, 0.5) is 0 Å². The van der Waals surface area contributed by atoms with Gasteiger partial charge >= 0.3 is 0 Å². The molecule has 2 heterocycles. The summed E-state index contributed by atoms with van der Waals surface area (Å²) in [6, 6.07) is 10.9. The molecule has 0 radical (unpaired) electrons. The van der Waals surface area contributed by atoms with Crippen molar-refractivity contribution in [1.29, 1.82) is 0 Å². The molecule has 0 saturated carbocycles. The molecule has 0 bridgehead atoms. The summed E-state index contributed by atoms with van der Waals surface area (Å²) in [5, 5.41) is 3.14. The normalized spacial score (nSPS) is 13.9. The number of thioether (sulfide) groups is 1. The lowest BCUT2D eigenvalue weighted by Gasteiger charge is -2.26. The van der Waals surface area contributed by atoms with Crippen LogP contribution < -0.4 is 10.9 Å². The van der Waals surface area contributed by atoms with Gasteiger partial charge in [0.2, 0.25) is 11.8 Å². The van der Waals surface area contributed by atoms with E-state index in [1.54, 1.807) is 4.90 Å². The van der Waals surface area contributed by atoms with Crippen LogP contribution in [0.15, 0.2) is 46.3 Å². The highest BCUT2D eigenvalue weighted by atomic mass is 32.2. The maximum absolute atomic E-state index is 12.2. The number of nitrogens with one attached hydrogen (secondary N) is 2. The van der Waals surface area contributed by atoms with Crippen LogP contribution in [-0.2, 0) is 27.3 Å². The van der Waals surface area contributed by atoms with Crippen LogP contribution in [0.1, 0.15) is 11.3 Å². The maximum atomic E-state index is 12.2. The highest BCUT2D eigenvalue weighted by molar-refractivity contribution is 7.99. The number of aromatic amines is 1. The Bertz CT molecular complexity index is 866. The molecule has 1 aromatic carbocycles. The van der Waals surface area contributed by atoms with Crippen molar-refractivity contribution in [2.24, 2.45) is 0 Å². The lowest BCUT2D eigenvalue weighted by molar-refractivity contribution is -0.132. The maximum Gasteiger partial charge on any atom is 0.251 e. The highest BCUT2D eigenvalue weighted by Gasteiger charge is 2.17. The molecular weight excluding hydrogens is 380 g/mol. The number of carbonyl (C=O) groups excluding carboxylic acids is 2. The van der Waals surface area contributed by atoms with Gasteiger partial charge in [-0.25, -0.2) is 4.98 Å². The van der Waals surface area contributed by atoms with Gasteiger partial charge in [-0.15, -0.1) is 0 Å². The van der Waals surface area contributed by atoms with Crippen LogP contribution in [-0.4, -0.2) is 58.7 Å². The van der Waals surface area contributed by atoms with Gasteiger partial charge in [-0.3, -0.25) is 14.4 Å². The van der Waals surface area contributed by atoms with Crippen molar-refractivity contribution in [3.8, 4) is 0 Å². The van der Waals surface area contributed by atoms with E-state index in [0.29, 0.717) is 43.7 Å². The number of ether oxygens (including phenoxy) is 1. The number of aromatic nitrogens is 2. The number of H-pyrrole nitrogens is 1. The van der Waals surface area contributed by atoms with Crippen molar-refractivity contribution in [3.63, 3.8) is 0 Å². The molecule has 2 aromatic rings. The minimum absolute atomic E-state index is 0.00171. The molecule has 1 aliphatic rings. The summed E-state index contributed by atoms with van der Waals surface area (Å²) >= 11 is 1.16. The molecule has 3 rings (SSSR count). The van der Waals surface area contributed by atoms with E-state index in [2.05, 4.69) is 15.3 Å². The second-order valence-electron chi connectivity index (χ2n) is 6.26. The Labute approximate surface area is 166 Å². The largest absolute Gasteiger partial charge is 0.378 e. The minimum Gasteiger partial charge on any atom is -0.378 e. The summed E-state index contributed by atoms with van der Waals surface area (Å²) in [6.45, 7) is 2.65. The van der Waals surface area contributed by atoms with Gasteiger partial charge in [0.25, 0.3) is 5.56 Å². The van der Waals surface area contributed by atoms with Gasteiger partial charge in [0, 0.05) is 25.7 Å². The summed E-state index contributed by atoms with van der Waals surface area (Å²) in [5.41, 5.74) is 1.02. The first kappa shape index (κ1) is 20.1. The van der Waals surface area contributed by atoms with E-state index in [0.717, 1.165) is 17.3 Å². The third-order valence-corrected chi connectivity index (χ3v) is 5.00. The number of morpholine rings is 1. The first-order valence-electron chi connectivity index (χ1n) is 8.99. The van der Waals surface area contributed by atoms with Crippen LogP contribution in [0, 0.1) is 0 Å². The molecule has 9 heteroatoms. The van der Waals surface area contributed by atoms with Gasteiger partial charge in [-0.1, -0.05) is 42.1 Å². The van der Waals surface area contributed by atoms with E-state index in [9.17, 15) is 14.4 Å². The first-order chi connectivity index (χ1) is 13.6. The van der Waals surface area contributed by atoms with Gasteiger partial charge in [-0.05, 0) is 5.56 Å². The monoisotopic (exact) mass is 402 g/mol. The van der Waals surface area contributed by atoms with E-state index >= 15 is 0 Å². The second kappa shape index (κ2) is 10.0. The van der Waals surface area contributed by atoms with Crippen molar-refractivity contribution >= 4 is 23.6 Å². The third kappa shape index (κ3) is 6.21. The SMILES string of the molecule is O=C(Cc1cc(=O)[nH]c(SCC(=O)N2CCOCC2)n1)NCc1ccccc1. The predicted molar refractivity (Wildman–Crippen MR) is 105 cm³/mol. The predicted octanol–water partition coefficient (Wildman–Crippen LogP) is 0.580. The van der Waals surface area contributed by atoms with Crippen molar-refractivity contribution in [3.05, 3.63) is 58.0 Å². The second-order valence-corrected chi connectivity index (χ2v) is 7.23. The van der Waals surface area contributed by atoms with Crippen molar-refractivity contribution in [1.82, 2.24) is 20.2 Å². The van der Waals surface area contributed by atoms with Gasteiger partial charge < -0.3 is 19.9 Å². The summed E-state index contributed by atoms with van der Waals surface area (Å²) < 4.78 is 5.23. The van der Waals surface area contributed by atoms with Gasteiger partial charge in [-0.2, -0.15) is 0 Å². The van der Waals surface area contributed by atoms with Crippen LogP contribution in [0.5, 0.6) is 0 Å². The zero-order valence-electron chi connectivity index (χ0n) is 15.3. The standard InChI is InChI=1S/C19H22N4O4S/c24-16(20-12-14-4-2-1-3-5-14)10-15-11-17(25)22-19(21-15)28-13-18(26)23-6-8-27-9-7-23/h1-5,11H,6-10,12-13H2,(H,20,24)(H,21,22,25). The molecule has 0 spiro atoms. The Balaban J connectivity index is 1.52. The summed E-state index contributed by atoms with van der Waals surface area (Å²) in [6.07, 6.45) is 0.00171. The number of hydrogen-bond donors (Lipinski definition) is 2. The topological polar surface area (TPSA) is 104 Å². The van der Waals surface area contributed by atoms with Crippen LogP contribution in [0.25, 0.3) is 0 Å². The summed E-state index contributed by atoms with van der Waals surface area (Å²) in [4.78, 5) is 44.8. The van der Waals surface area contributed by atoms with E-state index < -0.39 is 0 Å². The van der Waals surface area contributed by atoms with E-state index in [1.165, 1.54) is 6.07 Å². The average molecular weight is 402 g/mol. The van der Waals surface area contributed by atoms with E-state index in [-0.39, 0.29) is 29.5 Å². The Kier molecular flexibility index (Phi) is 7.21. The molecule has 1 aromatic heterocycles. The molecule has 28 heavy (non-hydrogen) atoms. The Morgan fingerprint density at radius 3 is 2.71 bits per heavy atom. The smallest absolute Gasteiger partial charge is 0.251 e. The number of amides is 2. The Morgan fingerprint density at radius 1 is 1.21 bits per heavy atom. The summed E-state index contributed by atoms with van der Waals surface area (Å²) in [5.74, 6) is -0.0729. The number of rotatable bonds is 7. The Morgan fingerprint density at radius 2 is 1.96 bits per heavy atom. The number of hydrogen-bond acceptors (Lipinski definition) is 6. The van der Waals surface area contributed by atoms with Gasteiger partial charge in [0.1, 0.15) is 0 Å². The first-order valence-corrected chi connectivity index (χ1v) is 9.98. The molecular formula is C19H22N4O4S. The number of carbonyl (C=O) groups is 2. The highest BCUT2D eigenvalue weighted by Crippen LogP contribution is 2.13. The molecule has 1 fully saturated rings. The lowest BCUT2D eigenvalue weighted by Crippen LogP contribution is -2.41. The van der Waals surface area contributed by atoms with Crippen molar-refractivity contribution in [2.75, 3.05) is 32.1 Å². The molecule has 2 amide bonds. The quantitative estimate of drug-likeness (QED) is 0.519. The molecule has 8 nitrogen and oxygen atoms in total. The van der Waals surface area contributed by atoms with Crippen LogP contribution in [0.2, 0.25) is 0 Å². The molecule has 148 valence electrons. The van der Waals surface area contributed by atoms with Crippen LogP contribution >= 0.6 is 11.8 Å². The van der Waals surface area contributed by atoms with Crippen molar-refractivity contribution < 1.29 is 14.3 Å². The van der Waals surface area contributed by atoms with Gasteiger partial charge in [0.05, 0.1) is 31.1 Å². The fourth-order valence-electron chi connectivity index (χ4n) is 2.70. The minimum atomic E-state index is -0.345. The molecule has 0 aliphatic carbocycles. The molecule has 1 saturated heterocycles. The average Bonchev–Trinajstić information content (AvgIpc) is 2.71. The van der Waals surface area contributed by atoms with Gasteiger partial charge in [0.15, 0.2) is 5.16 Å². The molecule has 1 aliphatic heterocycles. The molecule has 0 atom stereocenters. The zero-order chi connectivity index (χ0) is 19.8. The molecule has 0 unspecified atom stereocenters. The van der Waals surface area contributed by atoms with Crippen molar-refractivity contribution in [2.45, 2.75) is 18.1 Å². The number of nitrogens with zero attached hydrogens (tertiary/aromatic N) is 2. The van der Waals surface area contributed by atoms with Crippen LogP contribution in [0.3, 0.4) is 0 Å². The molecule has 2 N–H and O–H groups in total. The van der Waals surface area contributed by atoms with E-state index in [4.69, 9.17) is 4.74 Å².